The zero-order valence-electron chi connectivity index (χ0n) is 10.3. The summed E-state index contributed by atoms with van der Waals surface area (Å²) >= 11 is 0. The Labute approximate surface area is 115 Å². The molecule has 0 radical (unpaired) electrons. The van der Waals surface area contributed by atoms with E-state index in [9.17, 15) is 13.2 Å². The molecule has 2 N–H and O–H groups in total. The number of amides is 1. The first kappa shape index (κ1) is 12.6. The molecule has 0 bridgehead atoms. The molecule has 1 aromatic carbocycles. The van der Waals surface area contributed by atoms with Gasteiger partial charge in [-0.2, -0.15) is 0 Å². The van der Waals surface area contributed by atoms with Gasteiger partial charge in [-0.25, -0.2) is 13.4 Å². The molecule has 0 saturated carbocycles. The molecule has 0 unspecified atom stereocenters. The Bertz CT molecular complexity index is 773. The zero-order valence-corrected chi connectivity index (χ0v) is 11.1. The van der Waals surface area contributed by atoms with Crippen molar-refractivity contribution in [3.05, 3.63) is 48.2 Å². The van der Waals surface area contributed by atoms with Gasteiger partial charge < -0.3 is 5.32 Å². The third-order valence-corrected chi connectivity index (χ3v) is 4.27. The number of nitrogens with zero attached hydrogens (tertiary/aromatic N) is 1. The van der Waals surface area contributed by atoms with Crippen LogP contribution >= 0.6 is 0 Å². The van der Waals surface area contributed by atoms with Gasteiger partial charge in [-0.1, -0.05) is 6.07 Å². The quantitative estimate of drug-likeness (QED) is 0.893. The summed E-state index contributed by atoms with van der Waals surface area (Å²) in [6.45, 7) is 0. The van der Waals surface area contributed by atoms with Gasteiger partial charge in [0.2, 0.25) is 5.91 Å². The normalized spacial score (nSPS) is 13.7. The number of rotatable bonds is 3. The molecule has 0 aliphatic carbocycles. The summed E-state index contributed by atoms with van der Waals surface area (Å²) in [7, 11) is -3.70. The van der Waals surface area contributed by atoms with Crippen molar-refractivity contribution in [2.75, 3.05) is 10.0 Å². The molecule has 2 heterocycles. The van der Waals surface area contributed by atoms with Crippen LogP contribution in [0, 0.1) is 0 Å². The molecular formula is C13H11N3O3S. The number of sulfonamides is 1. The fourth-order valence-electron chi connectivity index (χ4n) is 1.99. The van der Waals surface area contributed by atoms with Crippen molar-refractivity contribution in [2.24, 2.45) is 0 Å². The molecule has 2 aromatic rings. The Balaban J connectivity index is 1.93. The standard InChI is InChI=1S/C13H11N3O3S/c17-13-8-9-7-10(4-5-11(9)15-13)20(18,19)16-12-3-1-2-6-14-12/h1-7H,8H2,(H,14,16)(H,15,17). The second-order valence-corrected chi connectivity index (χ2v) is 6.05. The molecule has 1 amide bonds. The molecule has 1 aliphatic heterocycles. The number of fused-ring (bicyclic) bond motifs is 1. The van der Waals surface area contributed by atoms with Crippen LogP contribution in [0.5, 0.6) is 0 Å². The van der Waals surface area contributed by atoms with Gasteiger partial charge in [0.25, 0.3) is 10.0 Å². The maximum absolute atomic E-state index is 12.2. The maximum Gasteiger partial charge on any atom is 0.263 e. The highest BCUT2D eigenvalue weighted by atomic mass is 32.2. The lowest BCUT2D eigenvalue weighted by atomic mass is 10.2. The first-order valence-electron chi connectivity index (χ1n) is 5.91. The van der Waals surface area contributed by atoms with Crippen molar-refractivity contribution in [1.82, 2.24) is 4.98 Å². The number of hydrogen-bond donors (Lipinski definition) is 2. The molecule has 6 nitrogen and oxygen atoms in total. The van der Waals surface area contributed by atoms with Crippen molar-refractivity contribution >= 4 is 27.4 Å². The fourth-order valence-corrected chi connectivity index (χ4v) is 3.05. The van der Waals surface area contributed by atoms with Gasteiger partial charge >= 0.3 is 0 Å². The largest absolute Gasteiger partial charge is 0.326 e. The minimum absolute atomic E-state index is 0.110. The van der Waals surface area contributed by atoms with E-state index in [1.807, 2.05) is 0 Å². The highest BCUT2D eigenvalue weighted by molar-refractivity contribution is 7.92. The van der Waals surface area contributed by atoms with E-state index in [1.165, 1.54) is 18.3 Å². The lowest BCUT2D eigenvalue weighted by Gasteiger charge is -2.08. The Hall–Kier alpha value is -2.41. The van der Waals surface area contributed by atoms with Crippen molar-refractivity contribution in [3.8, 4) is 0 Å². The summed E-state index contributed by atoms with van der Waals surface area (Å²) in [5.74, 6) is 0.120. The van der Waals surface area contributed by atoms with Gasteiger partial charge in [0.1, 0.15) is 5.82 Å². The number of pyridine rings is 1. The van der Waals surface area contributed by atoms with Crippen molar-refractivity contribution < 1.29 is 13.2 Å². The fraction of sp³-hybridized carbons (Fsp3) is 0.0769. The predicted octanol–water partition coefficient (Wildman–Crippen LogP) is 1.38. The summed E-state index contributed by atoms with van der Waals surface area (Å²) in [5.41, 5.74) is 1.34. The van der Waals surface area contributed by atoms with Crippen molar-refractivity contribution in [2.45, 2.75) is 11.3 Å². The Morgan fingerprint density at radius 3 is 2.80 bits per heavy atom. The van der Waals surface area contributed by atoms with Crippen molar-refractivity contribution in [3.63, 3.8) is 0 Å². The third kappa shape index (κ3) is 2.35. The van der Waals surface area contributed by atoms with Gasteiger partial charge in [0.05, 0.1) is 11.3 Å². The molecule has 7 heteroatoms. The minimum atomic E-state index is -3.70. The summed E-state index contributed by atoms with van der Waals surface area (Å²) < 4.78 is 26.8. The van der Waals surface area contributed by atoms with Crippen LogP contribution in [-0.4, -0.2) is 19.3 Å². The van der Waals surface area contributed by atoms with E-state index in [0.29, 0.717) is 11.3 Å². The van der Waals surface area contributed by atoms with Crippen LogP contribution in [0.2, 0.25) is 0 Å². The molecule has 1 aromatic heterocycles. The van der Waals surface area contributed by atoms with Gasteiger partial charge in [-0.3, -0.25) is 9.52 Å². The number of aromatic nitrogens is 1. The summed E-state index contributed by atoms with van der Waals surface area (Å²) in [6.07, 6.45) is 1.70. The topological polar surface area (TPSA) is 88.2 Å². The molecule has 0 atom stereocenters. The molecule has 1 aliphatic rings. The van der Waals surface area contributed by atoms with E-state index in [0.717, 1.165) is 0 Å². The minimum Gasteiger partial charge on any atom is -0.326 e. The average molecular weight is 289 g/mol. The molecule has 3 rings (SSSR count). The molecule has 0 saturated heterocycles. The van der Waals surface area contributed by atoms with Crippen LogP contribution in [-0.2, 0) is 21.2 Å². The summed E-state index contributed by atoms with van der Waals surface area (Å²) in [4.78, 5) is 15.3. The first-order chi connectivity index (χ1) is 9.54. The number of hydrogen-bond acceptors (Lipinski definition) is 4. The highest BCUT2D eigenvalue weighted by Crippen LogP contribution is 2.26. The van der Waals surface area contributed by atoms with E-state index < -0.39 is 10.0 Å². The van der Waals surface area contributed by atoms with E-state index in [2.05, 4.69) is 15.0 Å². The summed E-state index contributed by atoms with van der Waals surface area (Å²) in [5, 5.41) is 2.66. The van der Waals surface area contributed by atoms with Crippen LogP contribution in [0.15, 0.2) is 47.5 Å². The Kier molecular flexibility index (Phi) is 2.90. The van der Waals surface area contributed by atoms with Gasteiger partial charge in [0.15, 0.2) is 0 Å². The monoisotopic (exact) mass is 289 g/mol. The van der Waals surface area contributed by atoms with Crippen molar-refractivity contribution in [1.29, 1.82) is 0 Å². The summed E-state index contributed by atoms with van der Waals surface area (Å²) in [6, 6.07) is 9.50. The number of anilines is 2. The highest BCUT2D eigenvalue weighted by Gasteiger charge is 2.22. The van der Waals surface area contributed by atoms with Crippen LogP contribution in [0.4, 0.5) is 11.5 Å². The van der Waals surface area contributed by atoms with Crippen LogP contribution in [0.25, 0.3) is 0 Å². The number of nitrogens with one attached hydrogen (secondary N) is 2. The second kappa shape index (κ2) is 4.61. The second-order valence-electron chi connectivity index (χ2n) is 4.36. The van der Waals surface area contributed by atoms with E-state index in [4.69, 9.17) is 0 Å². The van der Waals surface area contributed by atoms with Crippen LogP contribution < -0.4 is 10.0 Å². The van der Waals surface area contributed by atoms with Crippen LogP contribution in [0.1, 0.15) is 5.56 Å². The van der Waals surface area contributed by atoms with E-state index in [-0.39, 0.29) is 23.0 Å². The number of carbonyl (C=O) groups is 1. The number of carbonyl (C=O) groups excluding carboxylic acids is 1. The number of benzene rings is 1. The van der Waals surface area contributed by atoms with Gasteiger partial charge in [-0.15, -0.1) is 0 Å². The molecule has 0 fully saturated rings. The van der Waals surface area contributed by atoms with Gasteiger partial charge in [-0.05, 0) is 35.9 Å². The molecule has 20 heavy (non-hydrogen) atoms. The molecule has 102 valence electrons. The Morgan fingerprint density at radius 1 is 1.20 bits per heavy atom. The third-order valence-electron chi connectivity index (χ3n) is 2.92. The van der Waals surface area contributed by atoms with Gasteiger partial charge in [0, 0.05) is 11.9 Å². The lowest BCUT2D eigenvalue weighted by Crippen LogP contribution is -2.13. The smallest absolute Gasteiger partial charge is 0.263 e. The predicted molar refractivity (Wildman–Crippen MR) is 73.8 cm³/mol. The lowest BCUT2D eigenvalue weighted by molar-refractivity contribution is -0.115. The zero-order chi connectivity index (χ0) is 14.2. The van der Waals surface area contributed by atoms with E-state index in [1.54, 1.807) is 24.3 Å². The van der Waals surface area contributed by atoms with Crippen LogP contribution in [0.3, 0.4) is 0 Å². The molecule has 0 spiro atoms. The maximum atomic E-state index is 12.2. The van der Waals surface area contributed by atoms with E-state index >= 15 is 0 Å². The average Bonchev–Trinajstić information content (AvgIpc) is 2.78. The SMILES string of the molecule is O=C1Cc2cc(S(=O)(=O)Nc3ccccn3)ccc2N1. The Morgan fingerprint density at radius 2 is 2.05 bits per heavy atom. The molecular weight excluding hydrogens is 278 g/mol. The first-order valence-corrected chi connectivity index (χ1v) is 7.39.